The maximum Gasteiger partial charge on any atom is 0.191 e. The van der Waals surface area contributed by atoms with Crippen LogP contribution in [-0.2, 0) is 9.47 Å². The summed E-state index contributed by atoms with van der Waals surface area (Å²) in [6.45, 7) is 4.12. The van der Waals surface area contributed by atoms with E-state index in [1.165, 1.54) is 18.6 Å². The van der Waals surface area contributed by atoms with E-state index in [0.29, 0.717) is 13.2 Å². The first-order valence-electron chi connectivity index (χ1n) is 7.49. The summed E-state index contributed by atoms with van der Waals surface area (Å²) in [6, 6.07) is 0. The van der Waals surface area contributed by atoms with Crippen LogP contribution < -0.4 is 10.6 Å². The molecular weight excluding hydrogens is 401 g/mol. The molecule has 1 aliphatic rings. The van der Waals surface area contributed by atoms with Gasteiger partial charge in [-0.1, -0.05) is 0 Å². The average Bonchev–Trinajstić information content (AvgIpc) is 2.98. The number of nitrogens with zero attached hydrogens (tertiary/aromatic N) is 1. The Kier molecular flexibility index (Phi) is 15.4. The maximum absolute atomic E-state index is 5.42. The van der Waals surface area contributed by atoms with Gasteiger partial charge in [-0.3, -0.25) is 4.99 Å². The largest absolute Gasteiger partial charge is 0.382 e. The molecule has 0 bridgehead atoms. The molecule has 126 valence electrons. The van der Waals surface area contributed by atoms with E-state index in [9.17, 15) is 0 Å². The van der Waals surface area contributed by atoms with Crippen molar-refractivity contribution in [2.75, 3.05) is 52.8 Å². The highest BCUT2D eigenvalue weighted by Crippen LogP contribution is 2.25. The quantitative estimate of drug-likeness (QED) is 0.240. The molecule has 1 atom stereocenters. The molecule has 0 saturated carbocycles. The highest BCUT2D eigenvalue weighted by Gasteiger charge is 2.15. The van der Waals surface area contributed by atoms with Crippen LogP contribution in [0.3, 0.4) is 0 Å². The van der Waals surface area contributed by atoms with Crippen molar-refractivity contribution >= 4 is 41.7 Å². The third kappa shape index (κ3) is 11.5. The minimum absolute atomic E-state index is 0. The fraction of sp³-hybridized carbons (Fsp3) is 0.929. The van der Waals surface area contributed by atoms with E-state index in [1.807, 2.05) is 7.05 Å². The lowest BCUT2D eigenvalue weighted by Gasteiger charge is -2.14. The van der Waals surface area contributed by atoms with E-state index < -0.39 is 0 Å². The highest BCUT2D eigenvalue weighted by molar-refractivity contribution is 14.0. The average molecular weight is 431 g/mol. The second kappa shape index (κ2) is 15.2. The topological polar surface area (TPSA) is 54.9 Å². The molecule has 21 heavy (non-hydrogen) atoms. The van der Waals surface area contributed by atoms with Crippen molar-refractivity contribution in [3.63, 3.8) is 0 Å². The van der Waals surface area contributed by atoms with Crippen LogP contribution >= 0.6 is 35.7 Å². The molecule has 0 amide bonds. The van der Waals surface area contributed by atoms with Crippen LogP contribution in [0.2, 0.25) is 0 Å². The molecule has 5 nitrogen and oxygen atoms in total. The molecule has 0 aromatic rings. The van der Waals surface area contributed by atoms with Gasteiger partial charge in [0.15, 0.2) is 5.96 Å². The van der Waals surface area contributed by atoms with Crippen LogP contribution in [0.25, 0.3) is 0 Å². The van der Waals surface area contributed by atoms with Gasteiger partial charge in [-0.15, -0.1) is 24.0 Å². The monoisotopic (exact) mass is 431 g/mol. The smallest absolute Gasteiger partial charge is 0.191 e. The summed E-state index contributed by atoms with van der Waals surface area (Å²) in [5.74, 6) is 2.22. The number of guanidine groups is 1. The van der Waals surface area contributed by atoms with Crippen molar-refractivity contribution in [3.05, 3.63) is 0 Å². The highest BCUT2D eigenvalue weighted by atomic mass is 127. The maximum atomic E-state index is 5.42. The molecule has 1 saturated heterocycles. The van der Waals surface area contributed by atoms with Crippen molar-refractivity contribution in [1.29, 1.82) is 0 Å². The number of hydrogen-bond acceptors (Lipinski definition) is 4. The van der Waals surface area contributed by atoms with Crippen LogP contribution in [0.5, 0.6) is 0 Å². The number of methoxy groups -OCH3 is 1. The zero-order valence-corrected chi connectivity index (χ0v) is 16.4. The lowest BCUT2D eigenvalue weighted by molar-refractivity contribution is 0.0689. The second-order valence-corrected chi connectivity index (χ2v) is 6.24. The molecule has 1 heterocycles. The third-order valence-corrected chi connectivity index (χ3v) is 4.58. The standard InChI is InChI=1S/C14H29N3O2S.HI/c1-15-14(17-12-13-6-5-11-20-13)16-7-3-4-8-19-10-9-18-2;/h13H,3-12H2,1-2H3,(H2,15,16,17);1H. The lowest BCUT2D eigenvalue weighted by Crippen LogP contribution is -2.40. The minimum atomic E-state index is 0. The molecule has 1 unspecified atom stereocenters. The fourth-order valence-electron chi connectivity index (χ4n) is 2.02. The second-order valence-electron chi connectivity index (χ2n) is 4.83. The van der Waals surface area contributed by atoms with Crippen LogP contribution in [0.1, 0.15) is 25.7 Å². The molecule has 2 N–H and O–H groups in total. The van der Waals surface area contributed by atoms with E-state index in [1.54, 1.807) is 7.11 Å². The van der Waals surface area contributed by atoms with E-state index in [0.717, 1.165) is 43.7 Å². The minimum Gasteiger partial charge on any atom is -0.382 e. The Morgan fingerprint density at radius 1 is 1.24 bits per heavy atom. The summed E-state index contributed by atoms with van der Waals surface area (Å²) >= 11 is 2.06. The molecule has 1 fully saturated rings. The van der Waals surface area contributed by atoms with Gasteiger partial charge in [0.2, 0.25) is 0 Å². The summed E-state index contributed by atoms with van der Waals surface area (Å²) < 4.78 is 10.3. The van der Waals surface area contributed by atoms with Crippen LogP contribution in [-0.4, -0.2) is 64.0 Å². The summed E-state index contributed by atoms with van der Waals surface area (Å²) in [4.78, 5) is 4.24. The van der Waals surface area contributed by atoms with Crippen molar-refractivity contribution in [2.45, 2.75) is 30.9 Å². The van der Waals surface area contributed by atoms with Crippen LogP contribution in [0.4, 0.5) is 0 Å². The molecule has 0 aliphatic carbocycles. The molecule has 7 heteroatoms. The summed E-state index contributed by atoms with van der Waals surface area (Å²) in [5, 5.41) is 7.50. The number of rotatable bonds is 10. The Morgan fingerprint density at radius 3 is 2.76 bits per heavy atom. The van der Waals surface area contributed by atoms with Gasteiger partial charge < -0.3 is 20.1 Å². The third-order valence-electron chi connectivity index (χ3n) is 3.18. The lowest BCUT2D eigenvalue weighted by atomic mass is 10.2. The number of unbranched alkanes of at least 4 members (excludes halogenated alkanes) is 1. The van der Waals surface area contributed by atoms with Crippen LogP contribution in [0.15, 0.2) is 4.99 Å². The van der Waals surface area contributed by atoms with Gasteiger partial charge in [-0.05, 0) is 31.4 Å². The van der Waals surface area contributed by atoms with Gasteiger partial charge >= 0.3 is 0 Å². The fourth-order valence-corrected chi connectivity index (χ4v) is 3.22. The van der Waals surface area contributed by atoms with Crippen LogP contribution in [0, 0.1) is 0 Å². The first-order chi connectivity index (χ1) is 9.86. The molecule has 1 rings (SSSR count). The van der Waals surface area contributed by atoms with Gasteiger partial charge in [0.05, 0.1) is 13.2 Å². The predicted molar refractivity (Wildman–Crippen MR) is 102 cm³/mol. The van der Waals surface area contributed by atoms with E-state index >= 15 is 0 Å². The number of aliphatic imine (C=N–C) groups is 1. The summed E-state index contributed by atoms with van der Waals surface area (Å²) in [6.07, 6.45) is 4.83. The zero-order chi connectivity index (χ0) is 14.5. The number of nitrogens with one attached hydrogen (secondary N) is 2. The Hall–Kier alpha value is 0.270. The molecule has 0 radical (unpaired) electrons. The Morgan fingerprint density at radius 2 is 2.10 bits per heavy atom. The molecule has 0 aromatic heterocycles. The molecule has 1 aliphatic heterocycles. The van der Waals surface area contributed by atoms with Gasteiger partial charge in [-0.2, -0.15) is 11.8 Å². The van der Waals surface area contributed by atoms with Crippen molar-refractivity contribution in [3.8, 4) is 0 Å². The van der Waals surface area contributed by atoms with Gasteiger partial charge in [0.25, 0.3) is 0 Å². The predicted octanol–water partition coefficient (Wildman–Crippen LogP) is 2.11. The molecule has 0 spiro atoms. The van der Waals surface area contributed by atoms with Gasteiger partial charge in [-0.25, -0.2) is 0 Å². The SMILES string of the molecule is CN=C(NCCCCOCCOC)NCC1CCCS1.I. The zero-order valence-electron chi connectivity index (χ0n) is 13.2. The first-order valence-corrected chi connectivity index (χ1v) is 8.54. The Balaban J connectivity index is 0.00000400. The van der Waals surface area contributed by atoms with Crippen molar-refractivity contribution in [2.24, 2.45) is 4.99 Å². The van der Waals surface area contributed by atoms with Crippen molar-refractivity contribution in [1.82, 2.24) is 10.6 Å². The Bertz CT molecular complexity index is 265. The number of ether oxygens (including phenoxy) is 2. The summed E-state index contributed by atoms with van der Waals surface area (Å²) in [7, 11) is 3.51. The first kappa shape index (κ1) is 21.3. The van der Waals surface area contributed by atoms with Gasteiger partial charge in [0.1, 0.15) is 0 Å². The van der Waals surface area contributed by atoms with E-state index in [2.05, 4.69) is 27.4 Å². The van der Waals surface area contributed by atoms with E-state index in [4.69, 9.17) is 9.47 Å². The Labute approximate surface area is 150 Å². The van der Waals surface area contributed by atoms with Crippen molar-refractivity contribution < 1.29 is 9.47 Å². The van der Waals surface area contributed by atoms with E-state index in [-0.39, 0.29) is 24.0 Å². The number of thioether (sulfide) groups is 1. The number of hydrogen-bond donors (Lipinski definition) is 2. The normalized spacial score (nSPS) is 18.4. The molecule has 0 aromatic carbocycles. The van der Waals surface area contributed by atoms with Gasteiger partial charge in [0, 0.05) is 39.1 Å². The summed E-state index contributed by atoms with van der Waals surface area (Å²) in [5.41, 5.74) is 0. The number of halogens is 1. The molecular formula is C14H30IN3O2S.